The molecule has 0 aliphatic heterocycles. The minimum Gasteiger partial charge on any atom is -0.361 e. The van der Waals surface area contributed by atoms with Crippen LogP contribution in [0.15, 0.2) is 16.8 Å². The molecule has 0 unspecified atom stereocenters. The molecule has 0 aliphatic carbocycles. The van der Waals surface area contributed by atoms with Crippen LogP contribution in [0.5, 0.6) is 0 Å². The number of amides is 1. The molecule has 1 N–H and O–H groups in total. The molecule has 1 amide bonds. The number of aryl methyl sites for hydroxylation is 2. The van der Waals surface area contributed by atoms with Crippen LogP contribution in [0.25, 0.3) is 0 Å². The van der Waals surface area contributed by atoms with E-state index in [1.807, 2.05) is 0 Å². The molecule has 0 saturated heterocycles. The first-order valence-electron chi connectivity index (χ1n) is 5.90. The highest BCUT2D eigenvalue weighted by molar-refractivity contribution is 6.32. The van der Waals surface area contributed by atoms with Gasteiger partial charge in [-0.25, -0.2) is 4.98 Å². The molecule has 0 fully saturated rings. The summed E-state index contributed by atoms with van der Waals surface area (Å²) in [7, 11) is 0. The van der Waals surface area contributed by atoms with Gasteiger partial charge in [-0.1, -0.05) is 16.8 Å². The fourth-order valence-electron chi connectivity index (χ4n) is 1.80. The lowest BCUT2D eigenvalue weighted by Gasteiger charge is -2.06. The van der Waals surface area contributed by atoms with Gasteiger partial charge >= 0.3 is 5.69 Å². The summed E-state index contributed by atoms with van der Waals surface area (Å²) >= 11 is 5.66. The average Bonchev–Trinajstić information content (AvgIpc) is 2.74. The SMILES string of the molecule is Cc1noc(C)c1CNC(=O)c1ccnc(Cl)c1[N+](=O)[O-]. The second-order valence-corrected chi connectivity index (χ2v) is 4.60. The van der Waals surface area contributed by atoms with Crippen molar-refractivity contribution in [2.75, 3.05) is 0 Å². The lowest BCUT2D eigenvalue weighted by Crippen LogP contribution is -2.24. The van der Waals surface area contributed by atoms with Gasteiger partial charge in [0.15, 0.2) is 0 Å². The third kappa shape index (κ3) is 3.00. The summed E-state index contributed by atoms with van der Waals surface area (Å²) in [5.41, 5.74) is 0.711. The quantitative estimate of drug-likeness (QED) is 0.526. The molecule has 0 aromatic carbocycles. The van der Waals surface area contributed by atoms with E-state index in [0.29, 0.717) is 11.5 Å². The molecular weight excluding hydrogens is 300 g/mol. The summed E-state index contributed by atoms with van der Waals surface area (Å²) in [5, 5.41) is 17.0. The maximum Gasteiger partial charge on any atom is 0.319 e. The Bertz CT molecular complexity index is 694. The Balaban J connectivity index is 2.22. The smallest absolute Gasteiger partial charge is 0.319 e. The van der Waals surface area contributed by atoms with Crippen LogP contribution >= 0.6 is 11.6 Å². The monoisotopic (exact) mass is 310 g/mol. The fourth-order valence-corrected chi connectivity index (χ4v) is 2.03. The van der Waals surface area contributed by atoms with Gasteiger partial charge in [-0.15, -0.1) is 0 Å². The first-order chi connectivity index (χ1) is 9.91. The van der Waals surface area contributed by atoms with Gasteiger partial charge < -0.3 is 9.84 Å². The van der Waals surface area contributed by atoms with Crippen molar-refractivity contribution < 1.29 is 14.2 Å². The highest BCUT2D eigenvalue weighted by Crippen LogP contribution is 2.26. The molecule has 2 rings (SSSR count). The van der Waals surface area contributed by atoms with Crippen molar-refractivity contribution in [3.63, 3.8) is 0 Å². The molecule has 0 saturated carbocycles. The first-order valence-corrected chi connectivity index (χ1v) is 6.28. The minimum absolute atomic E-state index is 0.147. The summed E-state index contributed by atoms with van der Waals surface area (Å²) in [6, 6.07) is 1.24. The number of halogens is 1. The summed E-state index contributed by atoms with van der Waals surface area (Å²) in [4.78, 5) is 25.9. The van der Waals surface area contributed by atoms with E-state index in [-0.39, 0.29) is 17.3 Å². The summed E-state index contributed by atoms with van der Waals surface area (Å²) < 4.78 is 4.97. The molecule has 2 heterocycles. The zero-order valence-corrected chi connectivity index (χ0v) is 12.0. The van der Waals surface area contributed by atoms with Gasteiger partial charge in [0.2, 0.25) is 5.15 Å². The Hall–Kier alpha value is -2.48. The van der Waals surface area contributed by atoms with Crippen LogP contribution in [-0.4, -0.2) is 21.0 Å². The molecule has 0 atom stereocenters. The van der Waals surface area contributed by atoms with Crippen LogP contribution in [0.4, 0.5) is 5.69 Å². The molecule has 0 spiro atoms. The van der Waals surface area contributed by atoms with Crippen LogP contribution in [0, 0.1) is 24.0 Å². The van der Waals surface area contributed by atoms with Crippen molar-refractivity contribution in [3.05, 3.63) is 50.1 Å². The van der Waals surface area contributed by atoms with E-state index in [2.05, 4.69) is 15.5 Å². The van der Waals surface area contributed by atoms with Crippen LogP contribution in [0.2, 0.25) is 5.15 Å². The van der Waals surface area contributed by atoms with Crippen molar-refractivity contribution in [2.24, 2.45) is 0 Å². The molecule has 8 nitrogen and oxygen atoms in total. The van der Waals surface area contributed by atoms with Crippen molar-refractivity contribution in [1.29, 1.82) is 0 Å². The number of nitro groups is 1. The standard InChI is InChI=1S/C12H11ClN4O4/c1-6-9(7(2)21-16-6)5-15-12(18)8-3-4-14-11(13)10(8)17(19)20/h3-4H,5H2,1-2H3,(H,15,18). The first kappa shape index (κ1) is 14.9. The summed E-state index contributed by atoms with van der Waals surface area (Å²) in [5.74, 6) is -0.0407. The van der Waals surface area contributed by atoms with Gasteiger partial charge in [0.25, 0.3) is 5.91 Å². The lowest BCUT2D eigenvalue weighted by atomic mass is 10.2. The van der Waals surface area contributed by atoms with Crippen LogP contribution in [-0.2, 0) is 6.54 Å². The summed E-state index contributed by atoms with van der Waals surface area (Å²) in [6.07, 6.45) is 1.24. The molecule has 0 bridgehead atoms. The Labute approximate surface area is 124 Å². The Morgan fingerprint density at radius 3 is 2.81 bits per heavy atom. The Morgan fingerprint density at radius 2 is 2.24 bits per heavy atom. The highest BCUT2D eigenvalue weighted by atomic mass is 35.5. The van der Waals surface area contributed by atoms with Crippen molar-refractivity contribution in [2.45, 2.75) is 20.4 Å². The summed E-state index contributed by atoms with van der Waals surface area (Å²) in [6.45, 7) is 3.61. The second-order valence-electron chi connectivity index (χ2n) is 4.24. The van der Waals surface area contributed by atoms with Gasteiger partial charge in [0.05, 0.1) is 10.6 Å². The number of aromatic nitrogens is 2. The normalized spacial score (nSPS) is 10.4. The van der Waals surface area contributed by atoms with E-state index in [0.717, 1.165) is 5.56 Å². The number of carbonyl (C=O) groups is 1. The molecule has 21 heavy (non-hydrogen) atoms. The third-order valence-corrected chi connectivity index (χ3v) is 3.19. The van der Waals surface area contributed by atoms with Gasteiger partial charge in [-0.3, -0.25) is 14.9 Å². The molecule has 2 aromatic rings. The minimum atomic E-state index is -0.736. The molecule has 110 valence electrons. The molecule has 0 aliphatic rings. The Kier molecular flexibility index (Phi) is 4.18. The zero-order chi connectivity index (χ0) is 15.6. The molecule has 0 radical (unpaired) electrons. The third-order valence-electron chi connectivity index (χ3n) is 2.91. The van der Waals surface area contributed by atoms with E-state index in [4.69, 9.17) is 16.1 Å². The van der Waals surface area contributed by atoms with Crippen LogP contribution in [0.3, 0.4) is 0 Å². The number of rotatable bonds is 4. The largest absolute Gasteiger partial charge is 0.361 e. The number of nitrogens with zero attached hydrogens (tertiary/aromatic N) is 3. The van der Waals surface area contributed by atoms with Crippen molar-refractivity contribution in [1.82, 2.24) is 15.5 Å². The van der Waals surface area contributed by atoms with E-state index < -0.39 is 16.5 Å². The predicted molar refractivity (Wildman–Crippen MR) is 73.0 cm³/mol. The van der Waals surface area contributed by atoms with Crippen molar-refractivity contribution in [3.8, 4) is 0 Å². The fraction of sp³-hybridized carbons (Fsp3) is 0.250. The number of pyridine rings is 1. The zero-order valence-electron chi connectivity index (χ0n) is 11.2. The maximum atomic E-state index is 12.1. The number of nitrogens with one attached hydrogen (secondary N) is 1. The second kappa shape index (κ2) is 5.88. The van der Waals surface area contributed by atoms with E-state index in [9.17, 15) is 14.9 Å². The van der Waals surface area contributed by atoms with Crippen LogP contribution in [0.1, 0.15) is 27.4 Å². The predicted octanol–water partition coefficient (Wildman–Crippen LogP) is 2.18. The van der Waals surface area contributed by atoms with Gasteiger partial charge in [-0.2, -0.15) is 0 Å². The highest BCUT2D eigenvalue weighted by Gasteiger charge is 2.25. The molecule has 2 aromatic heterocycles. The van der Waals surface area contributed by atoms with Gasteiger partial charge in [0, 0.05) is 18.3 Å². The molecular formula is C12H11ClN4O4. The van der Waals surface area contributed by atoms with E-state index in [1.165, 1.54) is 12.3 Å². The number of carbonyl (C=O) groups excluding carboxylic acids is 1. The van der Waals surface area contributed by atoms with Gasteiger partial charge in [-0.05, 0) is 19.9 Å². The maximum absolute atomic E-state index is 12.1. The molecule has 9 heteroatoms. The average molecular weight is 311 g/mol. The topological polar surface area (TPSA) is 111 Å². The van der Waals surface area contributed by atoms with Crippen molar-refractivity contribution >= 4 is 23.2 Å². The van der Waals surface area contributed by atoms with Crippen LogP contribution < -0.4 is 5.32 Å². The number of hydrogen-bond donors (Lipinski definition) is 1. The van der Waals surface area contributed by atoms with Gasteiger partial charge in [0.1, 0.15) is 11.3 Å². The van der Waals surface area contributed by atoms with E-state index >= 15 is 0 Å². The number of hydrogen-bond acceptors (Lipinski definition) is 6. The Morgan fingerprint density at radius 1 is 1.52 bits per heavy atom. The van der Waals surface area contributed by atoms with E-state index in [1.54, 1.807) is 13.8 Å². The lowest BCUT2D eigenvalue weighted by molar-refractivity contribution is -0.385.